The van der Waals surface area contributed by atoms with E-state index in [2.05, 4.69) is 56.3 Å². The number of anilines is 1. The number of halogens is 1. The second kappa shape index (κ2) is 9.44. The molecule has 1 amide bonds. The molecule has 0 bridgehead atoms. The van der Waals surface area contributed by atoms with Crippen molar-refractivity contribution in [2.75, 3.05) is 11.5 Å². The fourth-order valence-electron chi connectivity index (χ4n) is 4.11. The van der Waals surface area contributed by atoms with Gasteiger partial charge < -0.3 is 14.6 Å². The van der Waals surface area contributed by atoms with Crippen LogP contribution in [-0.4, -0.2) is 22.2 Å². The fraction of sp³-hybridized carbons (Fsp3) is 0.111. The number of benzene rings is 3. The number of rotatable bonds is 6. The van der Waals surface area contributed by atoms with Crippen molar-refractivity contribution in [3.63, 3.8) is 0 Å². The summed E-state index contributed by atoms with van der Waals surface area (Å²) in [5, 5.41) is 4.51. The van der Waals surface area contributed by atoms with Crippen LogP contribution in [0.15, 0.2) is 89.2 Å². The lowest BCUT2D eigenvalue weighted by molar-refractivity contribution is -0.113. The molecule has 4 aromatic rings. The summed E-state index contributed by atoms with van der Waals surface area (Å²) in [6, 6.07) is 23.9. The quantitative estimate of drug-likeness (QED) is 0.240. The van der Waals surface area contributed by atoms with E-state index in [1.165, 1.54) is 10.5 Å². The Labute approximate surface area is 211 Å². The lowest BCUT2D eigenvalue weighted by Crippen LogP contribution is -2.30. The van der Waals surface area contributed by atoms with Crippen molar-refractivity contribution in [1.82, 2.24) is 9.88 Å². The van der Waals surface area contributed by atoms with Crippen LogP contribution in [0.2, 0.25) is 0 Å². The Morgan fingerprint density at radius 1 is 1.06 bits per heavy atom. The van der Waals surface area contributed by atoms with Gasteiger partial charge in [-0.05, 0) is 73.2 Å². The Kier molecular flexibility index (Phi) is 6.22. The van der Waals surface area contributed by atoms with Gasteiger partial charge >= 0.3 is 0 Å². The number of amides is 1. The molecule has 5 nitrogen and oxygen atoms in total. The van der Waals surface area contributed by atoms with Gasteiger partial charge in [-0.1, -0.05) is 46.3 Å². The predicted octanol–water partition coefficient (Wildman–Crippen LogP) is 6.11. The zero-order valence-electron chi connectivity index (χ0n) is 18.5. The van der Waals surface area contributed by atoms with Gasteiger partial charge in [0.05, 0.1) is 12.3 Å². The third-order valence-electron chi connectivity index (χ3n) is 5.65. The monoisotopic (exact) mass is 531 g/mol. The number of nitrogens with one attached hydrogen (secondary N) is 1. The number of hydrogen-bond acceptors (Lipinski definition) is 3. The lowest BCUT2D eigenvalue weighted by atomic mass is 10.1. The first kappa shape index (κ1) is 22.4. The van der Waals surface area contributed by atoms with Gasteiger partial charge in [0.1, 0.15) is 11.4 Å². The number of fused-ring (bicyclic) bond motifs is 1. The lowest BCUT2D eigenvalue weighted by Gasteiger charge is -2.14. The van der Waals surface area contributed by atoms with Crippen LogP contribution in [0.3, 0.4) is 0 Å². The average molecular weight is 532 g/mol. The van der Waals surface area contributed by atoms with Crippen molar-refractivity contribution in [1.29, 1.82) is 0 Å². The maximum atomic E-state index is 13.3. The van der Waals surface area contributed by atoms with Gasteiger partial charge in [0.2, 0.25) is 0 Å². The summed E-state index contributed by atoms with van der Waals surface area (Å²) in [7, 11) is 0. The number of ether oxygens (including phenoxy) is 1. The normalized spacial score (nSPS) is 14.8. The van der Waals surface area contributed by atoms with E-state index in [-0.39, 0.29) is 5.91 Å². The maximum absolute atomic E-state index is 13.3. The molecule has 1 aromatic heterocycles. The van der Waals surface area contributed by atoms with E-state index in [4.69, 9.17) is 17.0 Å². The second-order valence-electron chi connectivity index (χ2n) is 7.92. The first-order chi connectivity index (χ1) is 16.5. The molecule has 0 aliphatic carbocycles. The van der Waals surface area contributed by atoms with Crippen LogP contribution in [-0.2, 0) is 11.3 Å². The highest BCUT2D eigenvalue weighted by atomic mass is 79.9. The molecule has 0 atom stereocenters. The van der Waals surface area contributed by atoms with Crippen molar-refractivity contribution in [2.45, 2.75) is 13.5 Å². The highest BCUT2D eigenvalue weighted by Gasteiger charge is 2.32. The summed E-state index contributed by atoms with van der Waals surface area (Å²) in [5.74, 6) is 0.567. The predicted molar refractivity (Wildman–Crippen MR) is 144 cm³/mol. The molecule has 1 aliphatic rings. The molecule has 3 aromatic carbocycles. The van der Waals surface area contributed by atoms with E-state index in [0.29, 0.717) is 23.1 Å². The van der Waals surface area contributed by atoms with Crippen LogP contribution >= 0.6 is 28.1 Å². The van der Waals surface area contributed by atoms with E-state index in [1.807, 2.05) is 61.5 Å². The van der Waals surface area contributed by atoms with Crippen LogP contribution in [0.25, 0.3) is 17.0 Å². The summed E-state index contributed by atoms with van der Waals surface area (Å²) in [5.41, 5.74) is 4.38. The van der Waals surface area contributed by atoms with Crippen LogP contribution in [0.4, 0.5) is 5.69 Å². The SMILES string of the molecule is CCOc1ccc(N2C(=O)/C(=C/c3cn(Cc4ccccc4)c4ccc(Br)cc34)NC2=S)cc1. The molecule has 7 heteroatoms. The van der Waals surface area contributed by atoms with E-state index in [1.54, 1.807) is 0 Å². The Hall–Kier alpha value is -3.42. The molecule has 34 heavy (non-hydrogen) atoms. The highest BCUT2D eigenvalue weighted by molar-refractivity contribution is 9.10. The van der Waals surface area contributed by atoms with Crippen LogP contribution in [0.5, 0.6) is 5.75 Å². The van der Waals surface area contributed by atoms with Gasteiger partial charge in [-0.25, -0.2) is 0 Å². The van der Waals surface area contributed by atoms with Crippen molar-refractivity contribution in [3.05, 3.63) is 100 Å². The van der Waals surface area contributed by atoms with Crippen LogP contribution in [0, 0.1) is 0 Å². The minimum absolute atomic E-state index is 0.187. The molecule has 5 rings (SSSR count). The average Bonchev–Trinajstić information content (AvgIpc) is 3.31. The summed E-state index contributed by atoms with van der Waals surface area (Å²) in [6.45, 7) is 3.26. The maximum Gasteiger partial charge on any atom is 0.281 e. The number of carbonyl (C=O) groups excluding carboxylic acids is 1. The number of carbonyl (C=O) groups is 1. The first-order valence-corrected chi connectivity index (χ1v) is 12.2. The van der Waals surface area contributed by atoms with Gasteiger partial charge in [-0.2, -0.15) is 0 Å². The van der Waals surface area contributed by atoms with Crippen molar-refractivity contribution < 1.29 is 9.53 Å². The largest absolute Gasteiger partial charge is 0.494 e. The Balaban J connectivity index is 1.50. The van der Waals surface area contributed by atoms with Crippen molar-refractivity contribution in [3.8, 4) is 5.75 Å². The van der Waals surface area contributed by atoms with Crippen molar-refractivity contribution in [2.24, 2.45) is 0 Å². The smallest absolute Gasteiger partial charge is 0.281 e. The molecule has 0 radical (unpaired) electrons. The summed E-state index contributed by atoms with van der Waals surface area (Å²) in [6.07, 6.45) is 3.95. The van der Waals surface area contributed by atoms with E-state index in [0.717, 1.165) is 33.2 Å². The molecule has 1 aliphatic heterocycles. The van der Waals surface area contributed by atoms with Crippen molar-refractivity contribution >= 4 is 61.8 Å². The Bertz CT molecular complexity index is 1410. The topological polar surface area (TPSA) is 46.5 Å². The number of hydrogen-bond donors (Lipinski definition) is 1. The van der Waals surface area contributed by atoms with Gasteiger partial charge in [-0.15, -0.1) is 0 Å². The summed E-state index contributed by atoms with van der Waals surface area (Å²) >= 11 is 9.08. The number of thiocarbonyl (C=S) groups is 1. The van der Waals surface area contributed by atoms with Gasteiger partial charge in [0, 0.05) is 33.7 Å². The van der Waals surface area contributed by atoms with E-state index < -0.39 is 0 Å². The van der Waals surface area contributed by atoms with Gasteiger partial charge in [-0.3, -0.25) is 9.69 Å². The van der Waals surface area contributed by atoms with Gasteiger partial charge in [0.15, 0.2) is 5.11 Å². The molecule has 1 N–H and O–H groups in total. The molecule has 0 spiro atoms. The molecule has 1 saturated heterocycles. The summed E-state index contributed by atoms with van der Waals surface area (Å²) < 4.78 is 8.68. The molecule has 170 valence electrons. The third kappa shape index (κ3) is 4.36. The molecule has 2 heterocycles. The Morgan fingerprint density at radius 3 is 2.56 bits per heavy atom. The summed E-state index contributed by atoms with van der Waals surface area (Å²) in [4.78, 5) is 14.8. The second-order valence-corrected chi connectivity index (χ2v) is 9.22. The third-order valence-corrected chi connectivity index (χ3v) is 6.43. The number of nitrogens with zero attached hydrogens (tertiary/aromatic N) is 2. The van der Waals surface area contributed by atoms with Crippen LogP contribution in [0.1, 0.15) is 18.1 Å². The van der Waals surface area contributed by atoms with E-state index in [9.17, 15) is 4.79 Å². The molecule has 0 saturated carbocycles. The molecular weight excluding hydrogens is 510 g/mol. The van der Waals surface area contributed by atoms with Gasteiger partial charge in [0.25, 0.3) is 5.91 Å². The minimum Gasteiger partial charge on any atom is -0.494 e. The molecule has 0 unspecified atom stereocenters. The zero-order valence-corrected chi connectivity index (χ0v) is 20.9. The van der Waals surface area contributed by atoms with Crippen LogP contribution < -0.4 is 15.0 Å². The first-order valence-electron chi connectivity index (χ1n) is 11.0. The van der Waals surface area contributed by atoms with E-state index >= 15 is 0 Å². The number of aromatic nitrogens is 1. The molecular formula is C27H22BrN3O2S. The minimum atomic E-state index is -0.187. The Morgan fingerprint density at radius 2 is 1.82 bits per heavy atom. The standard InChI is InChI=1S/C27H22BrN3O2S/c1-2-33-22-11-9-21(10-12-22)31-26(32)24(29-27(31)34)14-19-17-30(16-18-6-4-3-5-7-18)25-13-8-20(28)15-23(19)25/h3-15,17H,2,16H2,1H3,(H,29,34)/b24-14-. The fourth-order valence-corrected chi connectivity index (χ4v) is 4.77. The zero-order chi connectivity index (χ0) is 23.7. The molecule has 1 fully saturated rings. The highest BCUT2D eigenvalue weighted by Crippen LogP contribution is 2.30.